The molecule has 0 aromatic heterocycles. The third-order valence-electron chi connectivity index (χ3n) is 5.47. The van der Waals surface area contributed by atoms with E-state index in [0.29, 0.717) is 24.5 Å². The summed E-state index contributed by atoms with van der Waals surface area (Å²) in [4.78, 5) is 15.3. The molecule has 1 amide bonds. The van der Waals surface area contributed by atoms with Crippen molar-refractivity contribution < 1.29 is 4.79 Å². The Morgan fingerprint density at radius 1 is 1.06 bits per heavy atom. The molecule has 0 bridgehead atoms. The fourth-order valence-electron chi connectivity index (χ4n) is 3.94. The van der Waals surface area contributed by atoms with Crippen LogP contribution in [0, 0.1) is 6.92 Å². The van der Waals surface area contributed by atoms with Crippen molar-refractivity contribution >= 4 is 23.2 Å². The smallest absolute Gasteiger partial charge is 0.257 e. The zero-order valence-electron chi connectivity index (χ0n) is 17.8. The Morgan fingerprint density at radius 3 is 2.52 bits per heavy atom. The van der Waals surface area contributed by atoms with Crippen LogP contribution in [0.1, 0.15) is 34.7 Å². The summed E-state index contributed by atoms with van der Waals surface area (Å²) in [6, 6.07) is 26.0. The fraction of sp³-hybridized carbons (Fsp3) is 0.231. The Balaban J connectivity index is 1.56. The Morgan fingerprint density at radius 2 is 1.81 bits per heavy atom. The molecule has 0 fully saturated rings. The molecule has 1 heterocycles. The maximum atomic E-state index is 13.3. The minimum Gasteiger partial charge on any atom is -0.293 e. The van der Waals surface area contributed by atoms with Crippen molar-refractivity contribution in [3.8, 4) is 0 Å². The van der Waals surface area contributed by atoms with Crippen molar-refractivity contribution in [1.82, 2.24) is 9.91 Å². The van der Waals surface area contributed by atoms with E-state index in [9.17, 15) is 4.79 Å². The first-order valence-electron chi connectivity index (χ1n) is 10.4. The van der Waals surface area contributed by atoms with Crippen LogP contribution in [-0.4, -0.2) is 35.1 Å². The third-order valence-corrected chi connectivity index (χ3v) is 5.72. The number of hydrogen-bond donors (Lipinski definition) is 0. The molecular weight excluding hydrogens is 406 g/mol. The molecule has 4 rings (SSSR count). The number of aryl methyl sites for hydroxylation is 1. The largest absolute Gasteiger partial charge is 0.293 e. The molecule has 0 N–H and O–H groups in total. The third kappa shape index (κ3) is 5.22. The van der Waals surface area contributed by atoms with Gasteiger partial charge in [0, 0.05) is 18.0 Å². The summed E-state index contributed by atoms with van der Waals surface area (Å²) in [6.07, 6.45) is 0.680. The summed E-state index contributed by atoms with van der Waals surface area (Å²) in [6.45, 7) is 3.07. The highest BCUT2D eigenvalue weighted by Gasteiger charge is 2.33. The van der Waals surface area contributed by atoms with Crippen LogP contribution in [0.4, 0.5) is 0 Å². The van der Waals surface area contributed by atoms with Crippen molar-refractivity contribution in [3.63, 3.8) is 0 Å². The molecule has 31 heavy (non-hydrogen) atoms. The lowest BCUT2D eigenvalue weighted by Crippen LogP contribution is -2.36. The lowest BCUT2D eigenvalue weighted by Gasteiger charge is -2.25. The molecule has 0 saturated carbocycles. The van der Waals surface area contributed by atoms with Crippen molar-refractivity contribution in [3.05, 3.63) is 106 Å². The zero-order chi connectivity index (χ0) is 21.8. The highest BCUT2D eigenvalue weighted by Crippen LogP contribution is 2.33. The molecule has 1 aliphatic rings. The lowest BCUT2D eigenvalue weighted by atomic mass is 9.97. The number of likely N-dealkylation sites (N-methyl/N-ethyl adjacent to an activating group) is 1. The Labute approximate surface area is 188 Å². The Bertz CT molecular complexity index is 1080. The molecule has 5 heteroatoms. The van der Waals surface area contributed by atoms with Gasteiger partial charge in [0.25, 0.3) is 5.91 Å². The molecule has 1 atom stereocenters. The number of carbonyl (C=O) groups excluding carboxylic acids is 1. The average Bonchev–Trinajstić information content (AvgIpc) is 3.21. The quantitative estimate of drug-likeness (QED) is 0.519. The number of benzene rings is 3. The van der Waals surface area contributed by atoms with Gasteiger partial charge in [0.1, 0.15) is 0 Å². The van der Waals surface area contributed by atoms with Crippen LogP contribution >= 0.6 is 11.6 Å². The van der Waals surface area contributed by atoms with E-state index in [1.807, 2.05) is 60.5 Å². The predicted molar refractivity (Wildman–Crippen MR) is 126 cm³/mol. The van der Waals surface area contributed by atoms with Gasteiger partial charge >= 0.3 is 0 Å². The van der Waals surface area contributed by atoms with Gasteiger partial charge in [-0.25, -0.2) is 5.01 Å². The minimum absolute atomic E-state index is 0.0129. The fourth-order valence-corrected chi connectivity index (χ4v) is 4.06. The SMILES string of the molecule is Cc1cccc(C2=NN(C(=O)CN(C)Cc3ccccc3)[C@H](c3ccc(Cl)cc3)C2)c1. The van der Waals surface area contributed by atoms with Crippen LogP contribution in [0.25, 0.3) is 0 Å². The Kier molecular flexibility index (Phi) is 6.50. The summed E-state index contributed by atoms with van der Waals surface area (Å²) in [5, 5.41) is 7.12. The van der Waals surface area contributed by atoms with E-state index in [1.165, 1.54) is 11.1 Å². The molecular formula is C26H26ClN3O. The van der Waals surface area contributed by atoms with Crippen LogP contribution in [0.15, 0.2) is 84.0 Å². The van der Waals surface area contributed by atoms with Gasteiger partial charge < -0.3 is 0 Å². The van der Waals surface area contributed by atoms with Gasteiger partial charge in [0.2, 0.25) is 0 Å². The van der Waals surface area contributed by atoms with Gasteiger partial charge in [-0.15, -0.1) is 0 Å². The van der Waals surface area contributed by atoms with Gasteiger partial charge in [0.15, 0.2) is 0 Å². The van der Waals surface area contributed by atoms with E-state index >= 15 is 0 Å². The van der Waals surface area contributed by atoms with Gasteiger partial charge in [-0.3, -0.25) is 9.69 Å². The second kappa shape index (κ2) is 9.46. The first kappa shape index (κ1) is 21.3. The number of rotatable bonds is 6. The summed E-state index contributed by atoms with van der Waals surface area (Å²) in [5.74, 6) is -0.0129. The molecule has 0 unspecified atom stereocenters. The predicted octanol–water partition coefficient (Wildman–Crippen LogP) is 5.46. The van der Waals surface area contributed by atoms with E-state index in [2.05, 4.69) is 37.3 Å². The van der Waals surface area contributed by atoms with Crippen molar-refractivity contribution in [2.75, 3.05) is 13.6 Å². The number of amides is 1. The standard InChI is InChI=1S/C26H26ClN3O/c1-19-7-6-10-22(15-19)24-16-25(21-11-13-23(27)14-12-21)30(28-24)26(31)18-29(2)17-20-8-4-3-5-9-20/h3-15,25H,16-18H2,1-2H3/t25-/m0/s1. The molecule has 4 nitrogen and oxygen atoms in total. The second-order valence-corrected chi connectivity index (χ2v) is 8.52. The van der Waals surface area contributed by atoms with E-state index in [-0.39, 0.29) is 11.9 Å². The van der Waals surface area contributed by atoms with Gasteiger partial charge in [0.05, 0.1) is 18.3 Å². The second-order valence-electron chi connectivity index (χ2n) is 8.08. The Hall–Kier alpha value is -2.95. The van der Waals surface area contributed by atoms with Crippen LogP contribution in [0.2, 0.25) is 5.02 Å². The highest BCUT2D eigenvalue weighted by molar-refractivity contribution is 6.30. The number of hydrogen-bond acceptors (Lipinski definition) is 3. The van der Waals surface area contributed by atoms with E-state index < -0.39 is 0 Å². The maximum absolute atomic E-state index is 13.3. The molecule has 158 valence electrons. The molecule has 3 aromatic carbocycles. The average molecular weight is 432 g/mol. The van der Waals surface area contributed by atoms with Crippen LogP contribution in [-0.2, 0) is 11.3 Å². The van der Waals surface area contributed by atoms with E-state index in [1.54, 1.807) is 5.01 Å². The zero-order valence-corrected chi connectivity index (χ0v) is 18.6. The van der Waals surface area contributed by atoms with Crippen molar-refractivity contribution in [2.24, 2.45) is 5.10 Å². The summed E-state index contributed by atoms with van der Waals surface area (Å²) < 4.78 is 0. The van der Waals surface area contributed by atoms with Crippen LogP contribution in [0.3, 0.4) is 0 Å². The maximum Gasteiger partial charge on any atom is 0.257 e. The van der Waals surface area contributed by atoms with Crippen LogP contribution in [0.5, 0.6) is 0 Å². The molecule has 0 aliphatic carbocycles. The molecule has 0 radical (unpaired) electrons. The molecule has 3 aromatic rings. The summed E-state index contributed by atoms with van der Waals surface area (Å²) in [7, 11) is 1.96. The number of nitrogens with zero attached hydrogens (tertiary/aromatic N) is 3. The van der Waals surface area contributed by atoms with Crippen molar-refractivity contribution in [1.29, 1.82) is 0 Å². The minimum atomic E-state index is -0.134. The monoisotopic (exact) mass is 431 g/mol. The molecule has 0 spiro atoms. The molecule has 0 saturated heterocycles. The van der Waals surface area contributed by atoms with Crippen LogP contribution < -0.4 is 0 Å². The van der Waals surface area contributed by atoms with Gasteiger partial charge in [-0.05, 0) is 42.8 Å². The van der Waals surface area contributed by atoms with Crippen molar-refractivity contribution in [2.45, 2.75) is 25.9 Å². The number of carbonyl (C=O) groups is 1. The topological polar surface area (TPSA) is 35.9 Å². The first-order valence-corrected chi connectivity index (χ1v) is 10.8. The van der Waals surface area contributed by atoms with E-state index in [4.69, 9.17) is 16.7 Å². The summed E-state index contributed by atoms with van der Waals surface area (Å²) in [5.41, 5.74) is 5.39. The first-order chi connectivity index (χ1) is 15.0. The summed E-state index contributed by atoms with van der Waals surface area (Å²) >= 11 is 6.09. The lowest BCUT2D eigenvalue weighted by molar-refractivity contribution is -0.134. The van der Waals surface area contributed by atoms with Gasteiger partial charge in [-0.2, -0.15) is 5.10 Å². The molecule has 1 aliphatic heterocycles. The highest BCUT2D eigenvalue weighted by atomic mass is 35.5. The van der Waals surface area contributed by atoms with E-state index in [0.717, 1.165) is 16.8 Å². The normalized spacial score (nSPS) is 15.9. The van der Waals surface area contributed by atoms with Gasteiger partial charge in [-0.1, -0.05) is 83.9 Å². The number of hydrazone groups is 1. The number of halogens is 1.